The zero-order valence-electron chi connectivity index (χ0n) is 14.3. The molecule has 0 radical (unpaired) electrons. The minimum atomic E-state index is -0.354. The molecule has 1 aliphatic carbocycles. The number of hydrogen-bond acceptors (Lipinski definition) is 5. The van der Waals surface area contributed by atoms with E-state index in [9.17, 15) is 4.79 Å². The maximum atomic E-state index is 12.1. The number of H-pyrrole nitrogens is 1. The lowest BCUT2D eigenvalue weighted by Crippen LogP contribution is -2.11. The molecule has 0 amide bonds. The molecular weight excluding hydrogens is 336 g/mol. The Kier molecular flexibility index (Phi) is 5.75. The first-order valence-corrected chi connectivity index (χ1v) is 9.09. The van der Waals surface area contributed by atoms with Crippen LogP contribution in [0, 0.1) is 4.77 Å². The highest BCUT2D eigenvalue weighted by atomic mass is 32.1. The van der Waals surface area contributed by atoms with E-state index in [0.29, 0.717) is 28.4 Å². The van der Waals surface area contributed by atoms with Crippen molar-refractivity contribution in [2.45, 2.75) is 44.9 Å². The topological polar surface area (TPSA) is 72.3 Å². The summed E-state index contributed by atoms with van der Waals surface area (Å²) < 4.78 is 7.24. The molecule has 0 bridgehead atoms. The molecule has 2 aromatic rings. The molecule has 1 aliphatic rings. The maximum Gasteiger partial charge on any atom is 0.338 e. The van der Waals surface area contributed by atoms with Gasteiger partial charge in [-0.25, -0.2) is 4.79 Å². The monoisotopic (exact) mass is 358 g/mol. The van der Waals surface area contributed by atoms with E-state index in [1.807, 2.05) is 12.1 Å². The number of aromatic nitrogens is 3. The fourth-order valence-electron chi connectivity index (χ4n) is 3.16. The molecule has 7 heteroatoms. The Balaban J connectivity index is 1.89. The molecule has 3 rings (SSSR count). The van der Waals surface area contributed by atoms with E-state index in [0.717, 1.165) is 18.7 Å². The first-order valence-electron chi connectivity index (χ1n) is 8.68. The predicted octanol–water partition coefficient (Wildman–Crippen LogP) is 4.05. The second-order valence-corrected chi connectivity index (χ2v) is 6.47. The van der Waals surface area contributed by atoms with Gasteiger partial charge in [-0.3, -0.25) is 5.10 Å². The standard InChI is InChI=1S/C18H22N4O2S/c1-2-24-17(23)15-11-7-6-10-14(15)12-19-22-16(20-21-18(22)25)13-8-4-3-5-9-13/h6-7,10-13H,2-5,8-9H2,1H3,(H,21,25)/b19-12-. The molecule has 1 aromatic heterocycles. The van der Waals surface area contributed by atoms with Gasteiger partial charge in [-0.15, -0.1) is 0 Å². The summed E-state index contributed by atoms with van der Waals surface area (Å²) in [4.78, 5) is 12.1. The van der Waals surface area contributed by atoms with Crippen molar-refractivity contribution in [2.75, 3.05) is 6.61 Å². The van der Waals surface area contributed by atoms with Gasteiger partial charge >= 0.3 is 5.97 Å². The number of ether oxygens (including phenoxy) is 1. The maximum absolute atomic E-state index is 12.1. The summed E-state index contributed by atoms with van der Waals surface area (Å²) in [5, 5.41) is 11.7. The molecule has 0 spiro atoms. The fraction of sp³-hybridized carbons (Fsp3) is 0.444. The van der Waals surface area contributed by atoms with Crippen molar-refractivity contribution in [1.82, 2.24) is 14.9 Å². The average Bonchev–Trinajstić information content (AvgIpc) is 3.02. The van der Waals surface area contributed by atoms with Gasteiger partial charge in [-0.1, -0.05) is 37.5 Å². The van der Waals surface area contributed by atoms with Gasteiger partial charge in [0.05, 0.1) is 18.4 Å². The smallest absolute Gasteiger partial charge is 0.338 e. The van der Waals surface area contributed by atoms with E-state index in [2.05, 4.69) is 15.3 Å². The molecule has 0 unspecified atom stereocenters. The number of nitrogens with one attached hydrogen (secondary N) is 1. The van der Waals surface area contributed by atoms with Crippen LogP contribution >= 0.6 is 12.2 Å². The van der Waals surface area contributed by atoms with Crippen molar-refractivity contribution < 1.29 is 9.53 Å². The average molecular weight is 358 g/mol. The number of carbonyl (C=O) groups excluding carboxylic acids is 1. The lowest BCUT2D eigenvalue weighted by atomic mass is 9.89. The highest BCUT2D eigenvalue weighted by Crippen LogP contribution is 2.31. The highest BCUT2D eigenvalue weighted by molar-refractivity contribution is 7.71. The minimum Gasteiger partial charge on any atom is -0.462 e. The summed E-state index contributed by atoms with van der Waals surface area (Å²) in [6.07, 6.45) is 7.55. The molecule has 6 nitrogen and oxygen atoms in total. The van der Waals surface area contributed by atoms with Crippen LogP contribution in [0.4, 0.5) is 0 Å². The van der Waals surface area contributed by atoms with Crippen LogP contribution in [0.15, 0.2) is 29.4 Å². The molecule has 25 heavy (non-hydrogen) atoms. The number of aromatic amines is 1. The number of hydrogen-bond donors (Lipinski definition) is 1. The highest BCUT2D eigenvalue weighted by Gasteiger charge is 2.21. The van der Waals surface area contributed by atoms with E-state index in [1.165, 1.54) is 19.3 Å². The number of esters is 1. The van der Waals surface area contributed by atoms with Crippen molar-refractivity contribution in [2.24, 2.45) is 5.10 Å². The van der Waals surface area contributed by atoms with E-state index >= 15 is 0 Å². The predicted molar refractivity (Wildman–Crippen MR) is 98.6 cm³/mol. The van der Waals surface area contributed by atoms with Crippen molar-refractivity contribution in [1.29, 1.82) is 0 Å². The Hall–Kier alpha value is -2.28. The second-order valence-electron chi connectivity index (χ2n) is 6.09. The summed E-state index contributed by atoms with van der Waals surface area (Å²) in [6, 6.07) is 7.23. The van der Waals surface area contributed by atoms with Gasteiger partial charge < -0.3 is 4.74 Å². The Morgan fingerprint density at radius 2 is 2.16 bits per heavy atom. The van der Waals surface area contributed by atoms with Gasteiger partial charge in [0.15, 0.2) is 5.82 Å². The molecule has 0 saturated heterocycles. The van der Waals surface area contributed by atoms with Crippen LogP contribution < -0.4 is 0 Å². The van der Waals surface area contributed by atoms with Gasteiger partial charge in [0.1, 0.15) is 0 Å². The Bertz CT molecular complexity index is 818. The van der Waals surface area contributed by atoms with Crippen LogP contribution in [-0.4, -0.2) is 33.7 Å². The zero-order valence-corrected chi connectivity index (χ0v) is 15.1. The SMILES string of the molecule is CCOC(=O)c1ccccc1/C=N\n1c(C2CCCCC2)n[nH]c1=S. The molecule has 1 N–H and O–H groups in total. The zero-order chi connectivity index (χ0) is 17.6. The third-order valence-electron chi connectivity index (χ3n) is 4.41. The normalized spacial score (nSPS) is 15.6. The Morgan fingerprint density at radius 1 is 1.40 bits per heavy atom. The van der Waals surface area contributed by atoms with Crippen LogP contribution in [-0.2, 0) is 4.74 Å². The number of rotatable bonds is 5. The molecule has 132 valence electrons. The van der Waals surface area contributed by atoms with Crippen molar-refractivity contribution in [3.63, 3.8) is 0 Å². The molecule has 0 aliphatic heterocycles. The largest absolute Gasteiger partial charge is 0.462 e. The molecule has 1 aromatic carbocycles. The van der Waals surface area contributed by atoms with Gasteiger partial charge in [-0.05, 0) is 38.0 Å². The molecule has 1 saturated carbocycles. The van der Waals surface area contributed by atoms with E-state index in [-0.39, 0.29) is 5.97 Å². The van der Waals surface area contributed by atoms with Crippen LogP contribution in [0.5, 0.6) is 0 Å². The van der Waals surface area contributed by atoms with Crippen molar-refractivity contribution >= 4 is 24.4 Å². The van der Waals surface area contributed by atoms with E-state index in [1.54, 1.807) is 29.9 Å². The molecule has 1 heterocycles. The molecular formula is C18H22N4O2S. The lowest BCUT2D eigenvalue weighted by molar-refractivity contribution is 0.0526. The van der Waals surface area contributed by atoms with Crippen molar-refractivity contribution in [3.8, 4) is 0 Å². The number of nitrogens with zero attached hydrogens (tertiary/aromatic N) is 3. The van der Waals surface area contributed by atoms with Crippen molar-refractivity contribution in [3.05, 3.63) is 46.0 Å². The summed E-state index contributed by atoms with van der Waals surface area (Å²) in [5.74, 6) is 0.890. The lowest BCUT2D eigenvalue weighted by Gasteiger charge is -2.19. The summed E-state index contributed by atoms with van der Waals surface area (Å²) in [5.41, 5.74) is 1.18. The fourth-order valence-corrected chi connectivity index (χ4v) is 3.35. The summed E-state index contributed by atoms with van der Waals surface area (Å²) in [7, 11) is 0. The van der Waals surface area contributed by atoms with Gasteiger partial charge in [0.2, 0.25) is 4.77 Å². The van der Waals surface area contributed by atoms with Gasteiger partial charge in [0.25, 0.3) is 0 Å². The molecule has 0 atom stereocenters. The first kappa shape index (κ1) is 17.5. The third kappa shape index (κ3) is 4.04. The number of carbonyl (C=O) groups is 1. The minimum absolute atomic E-state index is 0.336. The van der Waals surface area contributed by atoms with E-state index < -0.39 is 0 Å². The number of benzene rings is 1. The van der Waals surface area contributed by atoms with Gasteiger partial charge in [-0.2, -0.15) is 14.9 Å². The second kappa shape index (κ2) is 8.20. The third-order valence-corrected chi connectivity index (χ3v) is 4.68. The first-order chi connectivity index (χ1) is 12.2. The van der Waals surface area contributed by atoms with Gasteiger partial charge in [0, 0.05) is 11.5 Å². The summed E-state index contributed by atoms with van der Waals surface area (Å²) >= 11 is 5.32. The molecule has 1 fully saturated rings. The van der Waals surface area contributed by atoms with Crippen LogP contribution in [0.25, 0.3) is 0 Å². The summed E-state index contributed by atoms with van der Waals surface area (Å²) in [6.45, 7) is 2.12. The Morgan fingerprint density at radius 3 is 2.92 bits per heavy atom. The Labute approximate surface area is 151 Å². The van der Waals surface area contributed by atoms with Crippen LogP contribution in [0.2, 0.25) is 0 Å². The van der Waals surface area contributed by atoms with Crippen LogP contribution in [0.3, 0.4) is 0 Å². The van der Waals surface area contributed by atoms with Crippen LogP contribution in [0.1, 0.15) is 66.7 Å². The van der Waals surface area contributed by atoms with E-state index in [4.69, 9.17) is 17.0 Å². The quantitative estimate of drug-likeness (QED) is 0.497.